The number of hydrogen-bond donors (Lipinski definition) is 1. The van der Waals surface area contributed by atoms with Gasteiger partial charge in [-0.3, -0.25) is 0 Å². The van der Waals surface area contributed by atoms with Crippen molar-refractivity contribution in [3.63, 3.8) is 0 Å². The molecule has 0 saturated carbocycles. The lowest BCUT2D eigenvalue weighted by Crippen LogP contribution is -2.19. The summed E-state index contributed by atoms with van der Waals surface area (Å²) < 4.78 is 0. The number of nitrogens with one attached hydrogen (secondary N) is 1. The fraction of sp³-hybridized carbons (Fsp3) is 0.412. The van der Waals surface area contributed by atoms with Crippen LogP contribution in [0.4, 0.5) is 5.82 Å². The molecule has 1 unspecified atom stereocenters. The number of aromatic nitrogens is 2. The van der Waals surface area contributed by atoms with E-state index in [0.29, 0.717) is 11.2 Å². The average molecular weight is 302 g/mol. The normalized spacial score (nSPS) is 17.3. The van der Waals surface area contributed by atoms with Crippen LogP contribution in [-0.2, 0) is 12.8 Å². The second kappa shape index (κ2) is 6.44. The van der Waals surface area contributed by atoms with Crippen molar-refractivity contribution < 1.29 is 0 Å². The van der Waals surface area contributed by atoms with Gasteiger partial charge in [0, 0.05) is 5.56 Å². The molecule has 21 heavy (non-hydrogen) atoms. The van der Waals surface area contributed by atoms with Crippen molar-refractivity contribution in [3.8, 4) is 0 Å². The molecule has 2 aromatic rings. The van der Waals surface area contributed by atoms with Gasteiger partial charge < -0.3 is 5.32 Å². The number of benzene rings is 1. The van der Waals surface area contributed by atoms with Crippen molar-refractivity contribution in [2.45, 2.75) is 45.1 Å². The highest BCUT2D eigenvalue weighted by molar-refractivity contribution is 6.30. The number of nitrogens with zero attached hydrogens (tertiary/aromatic N) is 2. The van der Waals surface area contributed by atoms with E-state index < -0.39 is 0 Å². The molecule has 0 radical (unpaired) electrons. The Morgan fingerprint density at radius 2 is 2.14 bits per heavy atom. The molecule has 0 amide bonds. The van der Waals surface area contributed by atoms with Crippen molar-refractivity contribution in [2.75, 3.05) is 5.32 Å². The van der Waals surface area contributed by atoms with Gasteiger partial charge in [-0.05, 0) is 36.8 Å². The molecule has 1 aromatic carbocycles. The fourth-order valence-electron chi connectivity index (χ4n) is 3.06. The van der Waals surface area contributed by atoms with Gasteiger partial charge in [-0.25, -0.2) is 9.97 Å². The summed E-state index contributed by atoms with van der Waals surface area (Å²) in [7, 11) is 0. The number of rotatable bonds is 4. The summed E-state index contributed by atoms with van der Waals surface area (Å²) in [5.41, 5.74) is 3.86. The molecule has 1 aliphatic carbocycles. The van der Waals surface area contributed by atoms with E-state index in [1.807, 2.05) is 0 Å². The molecule has 1 aromatic heterocycles. The highest BCUT2D eigenvalue weighted by Crippen LogP contribution is 2.33. The number of hydrogen-bond acceptors (Lipinski definition) is 3. The highest BCUT2D eigenvalue weighted by Gasteiger charge is 2.21. The Morgan fingerprint density at radius 1 is 1.29 bits per heavy atom. The number of halogens is 1. The van der Waals surface area contributed by atoms with Crippen LogP contribution in [0, 0.1) is 0 Å². The number of anilines is 1. The van der Waals surface area contributed by atoms with E-state index in [9.17, 15) is 0 Å². The molecular formula is C17H20ClN3. The molecule has 0 bridgehead atoms. The minimum absolute atomic E-state index is 0.316. The lowest BCUT2D eigenvalue weighted by atomic mass is 9.87. The Labute approximate surface area is 130 Å². The standard InChI is InChI=1S/C17H20ClN3/c1-2-6-14-16(18)19-11-20-17(14)21-15-10-5-8-12-7-3-4-9-13(12)15/h3-4,7,9,11,15H,2,5-6,8,10H2,1H3,(H,19,20,21). The first kappa shape index (κ1) is 14.3. The lowest BCUT2D eigenvalue weighted by molar-refractivity contribution is 0.597. The predicted octanol–water partition coefficient (Wildman–Crippen LogP) is 4.57. The van der Waals surface area contributed by atoms with E-state index >= 15 is 0 Å². The van der Waals surface area contributed by atoms with Gasteiger partial charge in [0.1, 0.15) is 17.3 Å². The molecule has 4 heteroatoms. The lowest BCUT2D eigenvalue weighted by Gasteiger charge is -2.27. The number of fused-ring (bicyclic) bond motifs is 1. The summed E-state index contributed by atoms with van der Waals surface area (Å²) in [6.07, 6.45) is 6.97. The van der Waals surface area contributed by atoms with Crippen LogP contribution in [0.5, 0.6) is 0 Å². The van der Waals surface area contributed by atoms with Gasteiger partial charge in [0.2, 0.25) is 0 Å². The highest BCUT2D eigenvalue weighted by atomic mass is 35.5. The van der Waals surface area contributed by atoms with Gasteiger partial charge in [-0.15, -0.1) is 0 Å². The van der Waals surface area contributed by atoms with E-state index in [1.54, 1.807) is 6.33 Å². The molecule has 3 rings (SSSR count). The summed E-state index contributed by atoms with van der Waals surface area (Å²) in [6, 6.07) is 8.98. The first-order chi connectivity index (χ1) is 10.3. The second-order valence-electron chi connectivity index (χ2n) is 5.53. The molecule has 0 fully saturated rings. The molecular weight excluding hydrogens is 282 g/mol. The Bertz CT molecular complexity index is 627. The summed E-state index contributed by atoms with van der Waals surface area (Å²) in [5.74, 6) is 0.888. The summed E-state index contributed by atoms with van der Waals surface area (Å²) in [5, 5.41) is 4.16. The molecule has 0 saturated heterocycles. The van der Waals surface area contributed by atoms with Gasteiger partial charge in [-0.1, -0.05) is 49.2 Å². The SMILES string of the molecule is CCCc1c(Cl)ncnc1NC1CCCc2ccccc21. The minimum atomic E-state index is 0.316. The van der Waals surface area contributed by atoms with Gasteiger partial charge in [0.25, 0.3) is 0 Å². The zero-order valence-corrected chi connectivity index (χ0v) is 13.0. The van der Waals surface area contributed by atoms with Crippen LogP contribution in [0.1, 0.15) is 48.9 Å². The molecule has 1 atom stereocenters. The van der Waals surface area contributed by atoms with Gasteiger partial charge in [0.05, 0.1) is 6.04 Å². The van der Waals surface area contributed by atoms with E-state index in [1.165, 1.54) is 24.0 Å². The van der Waals surface area contributed by atoms with E-state index in [2.05, 4.69) is 46.5 Å². The molecule has 110 valence electrons. The largest absolute Gasteiger partial charge is 0.363 e. The molecule has 0 aliphatic heterocycles. The molecule has 0 spiro atoms. The molecule has 1 heterocycles. The third kappa shape index (κ3) is 3.03. The Hall–Kier alpha value is -1.61. The van der Waals surface area contributed by atoms with Gasteiger partial charge in [-0.2, -0.15) is 0 Å². The van der Waals surface area contributed by atoms with E-state index in [4.69, 9.17) is 11.6 Å². The maximum atomic E-state index is 6.23. The fourth-order valence-corrected chi connectivity index (χ4v) is 3.28. The third-order valence-corrected chi connectivity index (χ3v) is 4.40. The number of aryl methyl sites for hydroxylation is 1. The smallest absolute Gasteiger partial charge is 0.137 e. The summed E-state index contributed by atoms with van der Waals surface area (Å²) in [6.45, 7) is 2.14. The Kier molecular flexibility index (Phi) is 4.39. The molecule has 1 aliphatic rings. The summed E-state index contributed by atoms with van der Waals surface area (Å²) in [4.78, 5) is 8.53. The average Bonchev–Trinajstić information content (AvgIpc) is 2.51. The van der Waals surface area contributed by atoms with Crippen LogP contribution in [0.2, 0.25) is 5.15 Å². The van der Waals surface area contributed by atoms with Crippen LogP contribution in [0.3, 0.4) is 0 Å². The minimum Gasteiger partial charge on any atom is -0.363 e. The molecule has 1 N–H and O–H groups in total. The van der Waals surface area contributed by atoms with Crippen molar-refractivity contribution in [1.29, 1.82) is 0 Å². The zero-order chi connectivity index (χ0) is 14.7. The topological polar surface area (TPSA) is 37.8 Å². The van der Waals surface area contributed by atoms with Crippen molar-refractivity contribution in [2.24, 2.45) is 0 Å². The zero-order valence-electron chi connectivity index (χ0n) is 12.3. The first-order valence-corrected chi connectivity index (χ1v) is 8.01. The predicted molar refractivity (Wildman–Crippen MR) is 86.8 cm³/mol. The van der Waals surface area contributed by atoms with Crippen molar-refractivity contribution in [1.82, 2.24) is 9.97 Å². The Balaban J connectivity index is 1.90. The van der Waals surface area contributed by atoms with Crippen molar-refractivity contribution >= 4 is 17.4 Å². The van der Waals surface area contributed by atoms with Gasteiger partial charge in [0.15, 0.2) is 0 Å². The third-order valence-electron chi connectivity index (χ3n) is 4.07. The maximum Gasteiger partial charge on any atom is 0.137 e. The first-order valence-electron chi connectivity index (χ1n) is 7.63. The van der Waals surface area contributed by atoms with Crippen LogP contribution >= 0.6 is 11.6 Å². The Morgan fingerprint density at radius 3 is 3.00 bits per heavy atom. The summed E-state index contributed by atoms with van der Waals surface area (Å²) >= 11 is 6.23. The van der Waals surface area contributed by atoms with Crippen LogP contribution in [0.25, 0.3) is 0 Å². The van der Waals surface area contributed by atoms with Crippen LogP contribution < -0.4 is 5.32 Å². The van der Waals surface area contributed by atoms with Crippen molar-refractivity contribution in [3.05, 3.63) is 52.4 Å². The maximum absolute atomic E-state index is 6.23. The monoisotopic (exact) mass is 301 g/mol. The quantitative estimate of drug-likeness (QED) is 0.840. The van der Waals surface area contributed by atoms with Crippen LogP contribution in [0.15, 0.2) is 30.6 Å². The van der Waals surface area contributed by atoms with E-state index in [-0.39, 0.29) is 0 Å². The molecule has 3 nitrogen and oxygen atoms in total. The van der Waals surface area contributed by atoms with Crippen LogP contribution in [-0.4, -0.2) is 9.97 Å². The van der Waals surface area contributed by atoms with Gasteiger partial charge >= 0.3 is 0 Å². The van der Waals surface area contributed by atoms with E-state index in [0.717, 1.165) is 30.6 Å². The second-order valence-corrected chi connectivity index (χ2v) is 5.89.